The van der Waals surface area contributed by atoms with E-state index < -0.39 is 10.8 Å². The molecule has 2 N–H and O–H groups in total. The predicted molar refractivity (Wildman–Crippen MR) is 99.0 cm³/mol. The summed E-state index contributed by atoms with van der Waals surface area (Å²) in [4.78, 5) is 42.3. The summed E-state index contributed by atoms with van der Waals surface area (Å²) in [6, 6.07) is 7.01. The highest BCUT2D eigenvalue weighted by Gasteiger charge is 2.27. The van der Waals surface area contributed by atoms with Gasteiger partial charge in [0.05, 0.1) is 21.1 Å². The van der Waals surface area contributed by atoms with Crippen molar-refractivity contribution in [3.8, 4) is 0 Å². The largest absolute Gasteiger partial charge is 0.365 e. The molecule has 1 aliphatic rings. The van der Waals surface area contributed by atoms with Gasteiger partial charge in [0.15, 0.2) is 0 Å². The quantitative estimate of drug-likeness (QED) is 0.627. The van der Waals surface area contributed by atoms with E-state index in [-0.39, 0.29) is 22.2 Å². The molecule has 0 atom stereocenters. The fourth-order valence-corrected chi connectivity index (χ4v) is 3.12. The Morgan fingerprint density at radius 3 is 2.48 bits per heavy atom. The molecule has 1 saturated heterocycles. The lowest BCUT2D eigenvalue weighted by Crippen LogP contribution is -2.49. The van der Waals surface area contributed by atoms with Gasteiger partial charge in [0.1, 0.15) is 5.82 Å². The summed E-state index contributed by atoms with van der Waals surface area (Å²) in [5.74, 6) is -0.468. The van der Waals surface area contributed by atoms with Crippen molar-refractivity contribution in [3.05, 3.63) is 62.8 Å². The standard InChI is InChI=1S/C17H16ClN5O4/c18-14-4-3-11(23(26)27)10-13(14)17(25)22-8-6-21(7-9-22)16-12(15(19)24)2-1-5-20-16/h1-5,10H,6-9H2,(H2,19,24). The van der Waals surface area contributed by atoms with Gasteiger partial charge in [0.25, 0.3) is 17.5 Å². The number of hydrogen-bond donors (Lipinski definition) is 1. The van der Waals surface area contributed by atoms with Crippen LogP contribution >= 0.6 is 11.6 Å². The number of carbonyl (C=O) groups excluding carboxylic acids is 2. The molecule has 1 aromatic carbocycles. The lowest BCUT2D eigenvalue weighted by molar-refractivity contribution is -0.384. The van der Waals surface area contributed by atoms with Crippen LogP contribution in [0.25, 0.3) is 0 Å². The van der Waals surface area contributed by atoms with Crippen LogP contribution in [0, 0.1) is 10.1 Å². The van der Waals surface area contributed by atoms with E-state index in [1.54, 1.807) is 23.2 Å². The zero-order valence-corrected chi connectivity index (χ0v) is 14.9. The predicted octanol–water partition coefficient (Wildman–Crippen LogP) is 1.70. The number of primary amides is 1. The van der Waals surface area contributed by atoms with E-state index in [2.05, 4.69) is 4.98 Å². The molecule has 140 valence electrons. The number of pyridine rings is 1. The SMILES string of the molecule is NC(=O)c1cccnc1N1CCN(C(=O)c2cc([N+](=O)[O-])ccc2Cl)CC1. The summed E-state index contributed by atoms with van der Waals surface area (Å²) in [5, 5.41) is 11.1. The number of piperazine rings is 1. The molecular weight excluding hydrogens is 374 g/mol. The van der Waals surface area contributed by atoms with Gasteiger partial charge in [0.2, 0.25) is 0 Å². The first-order valence-corrected chi connectivity index (χ1v) is 8.49. The van der Waals surface area contributed by atoms with Crippen LogP contribution in [0.15, 0.2) is 36.5 Å². The molecule has 27 heavy (non-hydrogen) atoms. The van der Waals surface area contributed by atoms with E-state index in [0.717, 1.165) is 0 Å². The van der Waals surface area contributed by atoms with Gasteiger partial charge < -0.3 is 15.5 Å². The van der Waals surface area contributed by atoms with Gasteiger partial charge in [-0.15, -0.1) is 0 Å². The van der Waals surface area contributed by atoms with E-state index in [1.165, 1.54) is 18.2 Å². The number of nitrogens with zero attached hydrogens (tertiary/aromatic N) is 4. The van der Waals surface area contributed by atoms with Crippen LogP contribution in [0.3, 0.4) is 0 Å². The van der Waals surface area contributed by atoms with Gasteiger partial charge in [-0.2, -0.15) is 0 Å². The molecule has 10 heteroatoms. The third kappa shape index (κ3) is 3.82. The van der Waals surface area contributed by atoms with E-state index in [9.17, 15) is 19.7 Å². The van der Waals surface area contributed by atoms with E-state index in [1.807, 2.05) is 4.90 Å². The first kappa shape index (κ1) is 18.6. The van der Waals surface area contributed by atoms with Crippen molar-refractivity contribution in [1.29, 1.82) is 0 Å². The zero-order chi connectivity index (χ0) is 19.6. The summed E-state index contributed by atoms with van der Waals surface area (Å²) >= 11 is 6.05. The van der Waals surface area contributed by atoms with Gasteiger partial charge in [-0.3, -0.25) is 19.7 Å². The summed E-state index contributed by atoms with van der Waals surface area (Å²) in [5.41, 5.74) is 5.61. The number of hydrogen-bond acceptors (Lipinski definition) is 6. The number of non-ortho nitro benzene ring substituents is 1. The van der Waals surface area contributed by atoms with Crippen molar-refractivity contribution in [1.82, 2.24) is 9.88 Å². The Morgan fingerprint density at radius 1 is 1.15 bits per heavy atom. The first-order valence-electron chi connectivity index (χ1n) is 8.11. The lowest BCUT2D eigenvalue weighted by Gasteiger charge is -2.36. The maximum absolute atomic E-state index is 12.7. The monoisotopic (exact) mass is 389 g/mol. The van der Waals surface area contributed by atoms with E-state index in [0.29, 0.717) is 37.6 Å². The normalized spacial score (nSPS) is 14.1. The maximum Gasteiger partial charge on any atom is 0.270 e. The maximum atomic E-state index is 12.7. The van der Waals surface area contributed by atoms with Crippen LogP contribution in [0.2, 0.25) is 5.02 Å². The Morgan fingerprint density at radius 2 is 1.85 bits per heavy atom. The van der Waals surface area contributed by atoms with Crippen molar-refractivity contribution >= 4 is 34.9 Å². The van der Waals surface area contributed by atoms with Crippen molar-refractivity contribution in [2.24, 2.45) is 5.73 Å². The number of carbonyl (C=O) groups is 2. The molecule has 0 saturated carbocycles. The molecule has 3 rings (SSSR count). The molecule has 2 heterocycles. The number of nitro groups is 1. The second-order valence-corrected chi connectivity index (χ2v) is 6.35. The molecule has 1 aromatic heterocycles. The van der Waals surface area contributed by atoms with Gasteiger partial charge in [-0.1, -0.05) is 11.6 Å². The lowest BCUT2D eigenvalue weighted by atomic mass is 10.1. The molecule has 2 amide bonds. The fraction of sp³-hybridized carbons (Fsp3) is 0.235. The van der Waals surface area contributed by atoms with Crippen LogP contribution in [-0.4, -0.2) is 52.8 Å². The molecule has 0 radical (unpaired) electrons. The van der Waals surface area contributed by atoms with Crippen molar-refractivity contribution in [2.75, 3.05) is 31.1 Å². The number of anilines is 1. The highest BCUT2D eigenvalue weighted by atomic mass is 35.5. The third-order valence-electron chi connectivity index (χ3n) is 4.31. The minimum absolute atomic E-state index is 0.0926. The third-order valence-corrected chi connectivity index (χ3v) is 4.64. The number of halogens is 1. The Bertz CT molecular complexity index is 912. The summed E-state index contributed by atoms with van der Waals surface area (Å²) in [6.07, 6.45) is 1.57. The van der Waals surface area contributed by atoms with Crippen LogP contribution in [0.4, 0.5) is 11.5 Å². The average molecular weight is 390 g/mol. The average Bonchev–Trinajstić information content (AvgIpc) is 2.67. The smallest absolute Gasteiger partial charge is 0.270 e. The number of benzene rings is 1. The topological polar surface area (TPSA) is 123 Å². The van der Waals surface area contributed by atoms with Crippen LogP contribution in [-0.2, 0) is 0 Å². The van der Waals surface area contributed by atoms with E-state index >= 15 is 0 Å². The molecule has 0 bridgehead atoms. The molecular formula is C17H16ClN5O4. The molecule has 0 unspecified atom stereocenters. The van der Waals surface area contributed by atoms with Gasteiger partial charge >= 0.3 is 0 Å². The fourth-order valence-electron chi connectivity index (χ4n) is 2.92. The summed E-state index contributed by atoms with van der Waals surface area (Å²) in [6.45, 7) is 1.59. The number of amides is 2. The Hall–Kier alpha value is -3.20. The molecule has 2 aromatic rings. The minimum Gasteiger partial charge on any atom is -0.365 e. The minimum atomic E-state index is -0.572. The Balaban J connectivity index is 1.75. The molecule has 1 fully saturated rings. The van der Waals surface area contributed by atoms with Crippen molar-refractivity contribution < 1.29 is 14.5 Å². The molecule has 0 aliphatic carbocycles. The van der Waals surface area contributed by atoms with Crippen LogP contribution in [0.1, 0.15) is 20.7 Å². The number of rotatable bonds is 4. The van der Waals surface area contributed by atoms with Crippen LogP contribution in [0.5, 0.6) is 0 Å². The Labute approximate surface area is 159 Å². The number of nitrogens with two attached hydrogens (primary N) is 1. The van der Waals surface area contributed by atoms with Crippen molar-refractivity contribution in [2.45, 2.75) is 0 Å². The zero-order valence-electron chi connectivity index (χ0n) is 14.2. The second kappa shape index (κ2) is 7.58. The van der Waals surface area contributed by atoms with Gasteiger partial charge in [-0.25, -0.2) is 4.98 Å². The van der Waals surface area contributed by atoms with Gasteiger partial charge in [0, 0.05) is 44.5 Å². The molecule has 9 nitrogen and oxygen atoms in total. The molecule has 1 aliphatic heterocycles. The molecule has 0 spiro atoms. The highest BCUT2D eigenvalue weighted by molar-refractivity contribution is 6.33. The van der Waals surface area contributed by atoms with Gasteiger partial charge in [-0.05, 0) is 18.2 Å². The van der Waals surface area contributed by atoms with Crippen LogP contribution < -0.4 is 10.6 Å². The second-order valence-electron chi connectivity index (χ2n) is 5.94. The summed E-state index contributed by atoms with van der Waals surface area (Å²) < 4.78 is 0. The number of aromatic nitrogens is 1. The highest BCUT2D eigenvalue weighted by Crippen LogP contribution is 2.25. The Kier molecular flexibility index (Phi) is 5.22. The van der Waals surface area contributed by atoms with Crippen molar-refractivity contribution in [3.63, 3.8) is 0 Å². The first-order chi connectivity index (χ1) is 12.9. The summed E-state index contributed by atoms with van der Waals surface area (Å²) in [7, 11) is 0. The van der Waals surface area contributed by atoms with E-state index in [4.69, 9.17) is 17.3 Å². The number of nitro benzene ring substituents is 1.